The highest BCUT2D eigenvalue weighted by atomic mass is 35.5. The van der Waals surface area contributed by atoms with Gasteiger partial charge < -0.3 is 9.52 Å². The molecule has 3 rings (SSSR count). The highest BCUT2D eigenvalue weighted by molar-refractivity contribution is 6.30. The molecule has 0 saturated carbocycles. The Kier molecular flexibility index (Phi) is 3.56. The zero-order valence-corrected chi connectivity index (χ0v) is 12.1. The SMILES string of the molecule is O=c1c(-c2cccc(Cl)c2)c(C(F)(F)F)oc2cc(O)ccc12. The number of benzene rings is 2. The van der Waals surface area contributed by atoms with Crippen LogP contribution in [0.25, 0.3) is 22.1 Å². The van der Waals surface area contributed by atoms with Gasteiger partial charge in [-0.3, -0.25) is 4.79 Å². The maximum absolute atomic E-state index is 13.3. The average Bonchev–Trinajstić information content (AvgIpc) is 2.45. The van der Waals surface area contributed by atoms with Crippen molar-refractivity contribution in [3.63, 3.8) is 0 Å². The van der Waals surface area contributed by atoms with Crippen molar-refractivity contribution in [2.75, 3.05) is 0 Å². The number of aromatic hydroxyl groups is 1. The lowest BCUT2D eigenvalue weighted by molar-refractivity contribution is -0.152. The Morgan fingerprint density at radius 1 is 1.09 bits per heavy atom. The van der Waals surface area contributed by atoms with Crippen LogP contribution in [0.5, 0.6) is 5.75 Å². The second-order valence-corrected chi connectivity index (χ2v) is 5.26. The number of fused-ring (bicyclic) bond motifs is 1. The first-order valence-corrected chi connectivity index (χ1v) is 6.78. The summed E-state index contributed by atoms with van der Waals surface area (Å²) >= 11 is 5.81. The van der Waals surface area contributed by atoms with Gasteiger partial charge in [-0.15, -0.1) is 0 Å². The van der Waals surface area contributed by atoms with E-state index in [-0.39, 0.29) is 27.3 Å². The molecule has 0 radical (unpaired) electrons. The highest BCUT2D eigenvalue weighted by Crippen LogP contribution is 2.38. The largest absolute Gasteiger partial charge is 0.508 e. The van der Waals surface area contributed by atoms with Gasteiger partial charge >= 0.3 is 6.18 Å². The van der Waals surface area contributed by atoms with Crippen molar-refractivity contribution in [3.05, 3.63) is 63.5 Å². The highest BCUT2D eigenvalue weighted by Gasteiger charge is 2.39. The Bertz CT molecular complexity index is 961. The molecule has 7 heteroatoms. The molecule has 0 aliphatic rings. The average molecular weight is 341 g/mol. The third-order valence-corrected chi connectivity index (χ3v) is 3.48. The van der Waals surface area contributed by atoms with Gasteiger partial charge in [0.1, 0.15) is 11.3 Å². The lowest BCUT2D eigenvalue weighted by atomic mass is 10.0. The second kappa shape index (κ2) is 5.31. The quantitative estimate of drug-likeness (QED) is 0.689. The van der Waals surface area contributed by atoms with Crippen LogP contribution in [0.4, 0.5) is 13.2 Å². The lowest BCUT2D eigenvalue weighted by Gasteiger charge is -2.13. The van der Waals surface area contributed by atoms with E-state index in [1.807, 2.05) is 0 Å². The van der Waals surface area contributed by atoms with E-state index >= 15 is 0 Å². The van der Waals surface area contributed by atoms with Crippen LogP contribution in [0.2, 0.25) is 5.02 Å². The third-order valence-electron chi connectivity index (χ3n) is 3.25. The molecule has 118 valence electrons. The molecule has 1 N–H and O–H groups in total. The summed E-state index contributed by atoms with van der Waals surface area (Å²) in [7, 11) is 0. The number of alkyl halides is 3. The molecule has 3 aromatic rings. The van der Waals surface area contributed by atoms with Crippen LogP contribution < -0.4 is 5.43 Å². The van der Waals surface area contributed by atoms with Gasteiger partial charge in [-0.2, -0.15) is 13.2 Å². The maximum atomic E-state index is 13.3. The van der Waals surface area contributed by atoms with Gasteiger partial charge in [0.2, 0.25) is 11.2 Å². The van der Waals surface area contributed by atoms with Gasteiger partial charge in [-0.1, -0.05) is 23.7 Å². The van der Waals surface area contributed by atoms with Crippen molar-refractivity contribution < 1.29 is 22.7 Å². The van der Waals surface area contributed by atoms with Gasteiger partial charge in [-0.05, 0) is 29.8 Å². The number of phenolic OH excluding ortho intramolecular Hbond substituents is 1. The van der Waals surface area contributed by atoms with Gasteiger partial charge in [0.15, 0.2) is 0 Å². The van der Waals surface area contributed by atoms with Gasteiger partial charge in [0.05, 0.1) is 10.9 Å². The van der Waals surface area contributed by atoms with Gasteiger partial charge in [0.25, 0.3) is 0 Å². The van der Waals surface area contributed by atoms with Crippen molar-refractivity contribution in [1.29, 1.82) is 0 Å². The summed E-state index contributed by atoms with van der Waals surface area (Å²) in [6.45, 7) is 0. The lowest BCUT2D eigenvalue weighted by Crippen LogP contribution is -2.16. The molecule has 23 heavy (non-hydrogen) atoms. The minimum Gasteiger partial charge on any atom is -0.508 e. The summed E-state index contributed by atoms with van der Waals surface area (Å²) in [5.74, 6) is -1.73. The van der Waals surface area contributed by atoms with Crippen molar-refractivity contribution in [2.45, 2.75) is 6.18 Å². The topological polar surface area (TPSA) is 50.4 Å². The van der Waals surface area contributed by atoms with Crippen molar-refractivity contribution in [1.82, 2.24) is 0 Å². The Morgan fingerprint density at radius 3 is 2.48 bits per heavy atom. The molecule has 0 unspecified atom stereocenters. The van der Waals surface area contributed by atoms with E-state index in [0.717, 1.165) is 6.07 Å². The Hall–Kier alpha value is -2.47. The first-order valence-electron chi connectivity index (χ1n) is 6.40. The molecule has 0 atom stereocenters. The predicted octanol–water partition coefficient (Wildman–Crippen LogP) is 4.84. The summed E-state index contributed by atoms with van der Waals surface area (Å²) in [5.41, 5.74) is -1.79. The van der Waals surface area contributed by atoms with Crippen LogP contribution in [0, 0.1) is 0 Å². The van der Waals surface area contributed by atoms with E-state index in [9.17, 15) is 23.1 Å². The Balaban J connectivity index is 2.46. The molecule has 0 spiro atoms. The fourth-order valence-electron chi connectivity index (χ4n) is 2.29. The molecule has 0 saturated heterocycles. The van der Waals surface area contributed by atoms with E-state index in [1.165, 1.54) is 36.4 Å². The van der Waals surface area contributed by atoms with E-state index in [0.29, 0.717) is 0 Å². The standard InChI is InChI=1S/C16H8ClF3O3/c17-9-3-1-2-8(6-9)13-14(22)11-5-4-10(21)7-12(11)23-15(13)16(18,19)20/h1-7,21H. The molecule has 0 bridgehead atoms. The summed E-state index contributed by atoms with van der Waals surface area (Å²) in [6.07, 6.45) is -4.88. The van der Waals surface area contributed by atoms with Crippen LogP contribution in [0.1, 0.15) is 5.76 Å². The van der Waals surface area contributed by atoms with Crippen LogP contribution in [-0.4, -0.2) is 5.11 Å². The van der Waals surface area contributed by atoms with Gasteiger partial charge in [0, 0.05) is 11.1 Å². The van der Waals surface area contributed by atoms with Gasteiger partial charge in [-0.25, -0.2) is 0 Å². The predicted molar refractivity (Wildman–Crippen MR) is 79.6 cm³/mol. The summed E-state index contributed by atoms with van der Waals surface area (Å²) in [6, 6.07) is 8.92. The normalized spacial score (nSPS) is 11.8. The van der Waals surface area contributed by atoms with E-state index in [1.54, 1.807) is 0 Å². The molecule has 0 amide bonds. The van der Waals surface area contributed by atoms with Crippen LogP contribution in [0.3, 0.4) is 0 Å². The van der Waals surface area contributed by atoms with Crippen molar-refractivity contribution >= 4 is 22.6 Å². The molecular weight excluding hydrogens is 333 g/mol. The summed E-state index contributed by atoms with van der Waals surface area (Å²) in [5, 5.41) is 9.51. The molecule has 2 aromatic carbocycles. The molecule has 1 heterocycles. The molecule has 3 nitrogen and oxygen atoms in total. The zero-order valence-electron chi connectivity index (χ0n) is 11.3. The maximum Gasteiger partial charge on any atom is 0.450 e. The fourth-order valence-corrected chi connectivity index (χ4v) is 2.48. The number of rotatable bonds is 1. The summed E-state index contributed by atoms with van der Waals surface area (Å²) < 4.78 is 44.8. The number of hydrogen-bond donors (Lipinski definition) is 1. The first-order chi connectivity index (χ1) is 10.8. The van der Waals surface area contributed by atoms with Crippen LogP contribution in [-0.2, 0) is 6.18 Å². The number of hydrogen-bond acceptors (Lipinski definition) is 3. The van der Waals surface area contributed by atoms with Crippen LogP contribution >= 0.6 is 11.6 Å². The number of phenols is 1. The van der Waals surface area contributed by atoms with E-state index in [4.69, 9.17) is 16.0 Å². The molecular formula is C16H8ClF3O3. The number of halogens is 4. The minimum atomic E-state index is -4.88. The third kappa shape index (κ3) is 2.77. The Labute approximate surface area is 132 Å². The first kappa shape index (κ1) is 15.4. The molecule has 0 aliphatic carbocycles. The van der Waals surface area contributed by atoms with Crippen molar-refractivity contribution in [2.24, 2.45) is 0 Å². The smallest absolute Gasteiger partial charge is 0.450 e. The fraction of sp³-hybridized carbons (Fsp3) is 0.0625. The van der Waals surface area contributed by atoms with E-state index in [2.05, 4.69) is 0 Å². The van der Waals surface area contributed by atoms with Crippen molar-refractivity contribution in [3.8, 4) is 16.9 Å². The molecule has 1 aromatic heterocycles. The van der Waals surface area contributed by atoms with E-state index < -0.39 is 22.9 Å². The zero-order chi connectivity index (χ0) is 16.8. The second-order valence-electron chi connectivity index (χ2n) is 4.82. The monoisotopic (exact) mass is 340 g/mol. The molecule has 0 aliphatic heterocycles. The summed E-state index contributed by atoms with van der Waals surface area (Å²) in [4.78, 5) is 12.5. The Morgan fingerprint density at radius 2 is 1.83 bits per heavy atom. The molecule has 0 fully saturated rings. The minimum absolute atomic E-state index is 0.00792. The van der Waals surface area contributed by atoms with Crippen LogP contribution in [0.15, 0.2) is 51.7 Å².